The van der Waals surface area contributed by atoms with Crippen LogP contribution in [0.5, 0.6) is 0 Å². The minimum Gasteiger partial charge on any atom is -0.330 e. The highest BCUT2D eigenvalue weighted by atomic mass is 14.6. The molecule has 0 atom stereocenters. The number of hydrogen-bond donors (Lipinski definition) is 1. The van der Waals surface area contributed by atoms with Crippen molar-refractivity contribution in [1.29, 1.82) is 0 Å². The predicted molar refractivity (Wildman–Crippen MR) is 42.2 cm³/mol. The van der Waals surface area contributed by atoms with Crippen LogP contribution in [-0.4, -0.2) is 6.54 Å². The molecule has 1 heteroatoms. The molecule has 0 unspecified atom stereocenters. The maximum atomic E-state index is 5.47. The van der Waals surface area contributed by atoms with Gasteiger partial charge in [0, 0.05) is 12.0 Å². The molecule has 0 aliphatic rings. The minimum atomic E-state index is 0.0156. The second kappa shape index (κ2) is 2.83. The molecule has 52 valence electrons. The lowest BCUT2D eigenvalue weighted by molar-refractivity contribution is 0.473. The van der Waals surface area contributed by atoms with E-state index < -0.39 is 0 Å². The van der Waals surface area contributed by atoms with Gasteiger partial charge >= 0.3 is 0 Å². The Hall–Kier alpha value is -0.560. The van der Waals surface area contributed by atoms with Crippen LogP contribution in [0.1, 0.15) is 13.8 Å². The van der Waals surface area contributed by atoms with E-state index >= 15 is 0 Å². The summed E-state index contributed by atoms with van der Waals surface area (Å²) < 4.78 is 0. The molecule has 0 rings (SSSR count). The fraction of sp³-hybridized carbons (Fsp3) is 0.500. The lowest BCUT2D eigenvalue weighted by atomic mass is 9.85. The monoisotopic (exact) mass is 125 g/mol. The van der Waals surface area contributed by atoms with E-state index in [2.05, 4.69) is 27.0 Å². The summed E-state index contributed by atoms with van der Waals surface area (Å²) in [6.45, 7) is 12.2. The van der Waals surface area contributed by atoms with Gasteiger partial charge in [-0.3, -0.25) is 0 Å². The molecule has 0 amide bonds. The Morgan fingerprint density at radius 1 is 1.67 bits per heavy atom. The van der Waals surface area contributed by atoms with Gasteiger partial charge in [-0.1, -0.05) is 33.1 Å². The summed E-state index contributed by atoms with van der Waals surface area (Å²) in [6, 6.07) is 0. The molecule has 2 N–H and O–H groups in total. The minimum absolute atomic E-state index is 0.0156. The van der Waals surface area contributed by atoms with E-state index in [1.54, 1.807) is 6.08 Å². The van der Waals surface area contributed by atoms with Crippen molar-refractivity contribution >= 4 is 0 Å². The Bertz CT molecular complexity index is 123. The molecule has 0 spiro atoms. The molecule has 9 heavy (non-hydrogen) atoms. The highest BCUT2D eigenvalue weighted by molar-refractivity contribution is 5.19. The SMILES string of the molecule is C=CC(=C)C(C)(C)CN. The van der Waals surface area contributed by atoms with E-state index in [-0.39, 0.29) is 5.41 Å². The van der Waals surface area contributed by atoms with Gasteiger partial charge < -0.3 is 5.73 Å². The van der Waals surface area contributed by atoms with Gasteiger partial charge in [-0.05, 0) is 5.57 Å². The number of allylic oxidation sites excluding steroid dienone is 1. The van der Waals surface area contributed by atoms with Gasteiger partial charge in [0.05, 0.1) is 0 Å². The third-order valence-electron chi connectivity index (χ3n) is 1.63. The zero-order valence-electron chi connectivity index (χ0n) is 6.28. The van der Waals surface area contributed by atoms with Crippen LogP contribution in [0, 0.1) is 5.41 Å². The topological polar surface area (TPSA) is 26.0 Å². The summed E-state index contributed by atoms with van der Waals surface area (Å²) in [5.74, 6) is 0. The van der Waals surface area contributed by atoms with Crippen LogP contribution in [0.15, 0.2) is 24.8 Å². The average molecular weight is 125 g/mol. The third kappa shape index (κ3) is 2.02. The van der Waals surface area contributed by atoms with Crippen molar-refractivity contribution in [2.75, 3.05) is 6.54 Å². The lowest BCUT2D eigenvalue weighted by Gasteiger charge is -2.22. The first-order valence-corrected chi connectivity index (χ1v) is 3.06. The Kier molecular flexibility index (Phi) is 2.65. The fourth-order valence-electron chi connectivity index (χ4n) is 0.407. The van der Waals surface area contributed by atoms with E-state index in [1.165, 1.54) is 0 Å². The van der Waals surface area contributed by atoms with Gasteiger partial charge in [0.2, 0.25) is 0 Å². The average Bonchev–Trinajstić information content (AvgIpc) is 1.86. The van der Waals surface area contributed by atoms with Crippen molar-refractivity contribution in [1.82, 2.24) is 0 Å². The van der Waals surface area contributed by atoms with E-state index in [0.29, 0.717) is 6.54 Å². The van der Waals surface area contributed by atoms with Crippen LogP contribution in [-0.2, 0) is 0 Å². The molecular weight excluding hydrogens is 110 g/mol. The molecule has 0 aromatic heterocycles. The van der Waals surface area contributed by atoms with Gasteiger partial charge in [-0.2, -0.15) is 0 Å². The van der Waals surface area contributed by atoms with E-state index in [1.807, 2.05) is 0 Å². The van der Waals surface area contributed by atoms with Crippen LogP contribution in [0.3, 0.4) is 0 Å². The first-order valence-electron chi connectivity index (χ1n) is 3.06. The van der Waals surface area contributed by atoms with Crippen LogP contribution >= 0.6 is 0 Å². The Balaban J connectivity index is 4.13. The molecule has 0 aromatic carbocycles. The first kappa shape index (κ1) is 8.44. The van der Waals surface area contributed by atoms with Crippen LogP contribution in [0.2, 0.25) is 0 Å². The zero-order chi connectivity index (χ0) is 7.49. The van der Waals surface area contributed by atoms with Gasteiger partial charge in [-0.25, -0.2) is 0 Å². The Morgan fingerprint density at radius 2 is 2.11 bits per heavy atom. The van der Waals surface area contributed by atoms with Crippen molar-refractivity contribution in [2.45, 2.75) is 13.8 Å². The van der Waals surface area contributed by atoms with E-state index in [0.717, 1.165) is 5.57 Å². The summed E-state index contributed by atoms with van der Waals surface area (Å²) >= 11 is 0. The van der Waals surface area contributed by atoms with Gasteiger partial charge in [-0.15, -0.1) is 0 Å². The highest BCUT2D eigenvalue weighted by Gasteiger charge is 2.16. The van der Waals surface area contributed by atoms with Crippen molar-refractivity contribution in [3.63, 3.8) is 0 Å². The smallest absolute Gasteiger partial charge is 0.00146 e. The van der Waals surface area contributed by atoms with Crippen LogP contribution in [0.4, 0.5) is 0 Å². The van der Waals surface area contributed by atoms with Gasteiger partial charge in [0.25, 0.3) is 0 Å². The summed E-state index contributed by atoms with van der Waals surface area (Å²) in [7, 11) is 0. The summed E-state index contributed by atoms with van der Waals surface area (Å²) in [4.78, 5) is 0. The molecule has 0 aromatic rings. The van der Waals surface area contributed by atoms with Gasteiger partial charge in [0.1, 0.15) is 0 Å². The second-order valence-corrected chi connectivity index (χ2v) is 2.82. The summed E-state index contributed by atoms with van der Waals surface area (Å²) in [5, 5.41) is 0. The normalized spacial score (nSPS) is 11.0. The van der Waals surface area contributed by atoms with Crippen LogP contribution < -0.4 is 5.73 Å². The molecule has 1 nitrogen and oxygen atoms in total. The molecule has 0 aliphatic carbocycles. The zero-order valence-corrected chi connectivity index (χ0v) is 6.28. The quantitative estimate of drug-likeness (QED) is 0.571. The van der Waals surface area contributed by atoms with Crippen molar-refractivity contribution in [3.8, 4) is 0 Å². The number of hydrogen-bond acceptors (Lipinski definition) is 1. The van der Waals surface area contributed by atoms with Crippen LogP contribution in [0.25, 0.3) is 0 Å². The van der Waals surface area contributed by atoms with Crippen molar-refractivity contribution in [3.05, 3.63) is 24.8 Å². The summed E-state index contributed by atoms with van der Waals surface area (Å²) in [6.07, 6.45) is 1.76. The molecule has 0 heterocycles. The predicted octanol–water partition coefficient (Wildman–Crippen LogP) is 1.71. The molecule has 0 saturated carbocycles. The molecule has 0 radical (unpaired) electrons. The molecular formula is C8H15N. The van der Waals surface area contributed by atoms with E-state index in [9.17, 15) is 0 Å². The fourth-order valence-corrected chi connectivity index (χ4v) is 0.407. The Labute approximate surface area is 57.3 Å². The molecule has 0 aliphatic heterocycles. The highest BCUT2D eigenvalue weighted by Crippen LogP contribution is 2.22. The largest absolute Gasteiger partial charge is 0.330 e. The molecule has 0 fully saturated rings. The molecule has 0 bridgehead atoms. The van der Waals surface area contributed by atoms with Crippen molar-refractivity contribution in [2.24, 2.45) is 11.1 Å². The first-order chi connectivity index (χ1) is 4.04. The Morgan fingerprint density at radius 3 is 2.22 bits per heavy atom. The second-order valence-electron chi connectivity index (χ2n) is 2.82. The number of nitrogens with two attached hydrogens (primary N) is 1. The lowest BCUT2D eigenvalue weighted by Crippen LogP contribution is -2.24. The maximum absolute atomic E-state index is 5.47. The third-order valence-corrected chi connectivity index (χ3v) is 1.63. The maximum Gasteiger partial charge on any atom is 0.00146 e. The van der Waals surface area contributed by atoms with E-state index in [4.69, 9.17) is 5.73 Å². The number of rotatable bonds is 3. The standard InChI is InChI=1S/C8H15N/c1-5-7(2)8(3,4)6-9/h5H,1-2,6,9H2,3-4H3. The molecule has 0 saturated heterocycles. The van der Waals surface area contributed by atoms with Gasteiger partial charge in [0.15, 0.2) is 0 Å². The summed E-state index contributed by atoms with van der Waals surface area (Å²) in [5.41, 5.74) is 6.49. The van der Waals surface area contributed by atoms with Crippen molar-refractivity contribution < 1.29 is 0 Å².